The van der Waals surface area contributed by atoms with Gasteiger partial charge >= 0.3 is 17.9 Å². The van der Waals surface area contributed by atoms with Crippen LogP contribution in [-0.4, -0.2) is 210 Å². The van der Waals surface area contributed by atoms with Crippen LogP contribution in [0.4, 0.5) is 0 Å². The number of aliphatic hydroxyl groups is 3. The number of carbonyl (C=O) groups excluding carboxylic acids is 10. The highest BCUT2D eigenvalue weighted by Crippen LogP contribution is 2.14. The van der Waals surface area contributed by atoms with Crippen LogP contribution in [0.3, 0.4) is 0 Å². The summed E-state index contributed by atoms with van der Waals surface area (Å²) in [5.41, 5.74) is 22.6. The van der Waals surface area contributed by atoms with Crippen LogP contribution in [0.1, 0.15) is 69.9 Å². The number of nitrogens with two attached hydrogens (primary N) is 4. The summed E-state index contributed by atoms with van der Waals surface area (Å²) in [6.45, 7) is 0.645. The van der Waals surface area contributed by atoms with Crippen LogP contribution in [0.2, 0.25) is 0 Å². The predicted octanol–water partition coefficient (Wildman–Crippen LogP) is -7.71. The van der Waals surface area contributed by atoms with Crippen LogP contribution in [0.5, 0.6) is 5.75 Å². The minimum atomic E-state index is -2.09. The largest absolute Gasteiger partial charge is 0.508 e. The molecule has 0 spiro atoms. The Morgan fingerprint density at radius 1 is 0.506 bits per heavy atom. The minimum Gasteiger partial charge on any atom is -0.508 e. The number of nitrogens with zero attached hydrogens (tertiary/aromatic N) is 1. The van der Waals surface area contributed by atoms with Crippen molar-refractivity contribution in [2.24, 2.45) is 27.9 Å². The summed E-state index contributed by atoms with van der Waals surface area (Å²) in [5, 5.41) is 90.6. The summed E-state index contributed by atoms with van der Waals surface area (Å²) >= 11 is 3.90. The maximum atomic E-state index is 14.2. The molecule has 35 heteroatoms. The molecule has 480 valence electrons. The second-order valence-corrected chi connectivity index (χ2v) is 20.1. The van der Waals surface area contributed by atoms with Gasteiger partial charge in [0.25, 0.3) is 0 Å². The van der Waals surface area contributed by atoms with Crippen molar-refractivity contribution in [3.63, 3.8) is 0 Å². The normalized spacial score (nSPS) is 15.1. The van der Waals surface area contributed by atoms with E-state index >= 15 is 0 Å². The van der Waals surface area contributed by atoms with Gasteiger partial charge in [0.2, 0.25) is 59.1 Å². The number of phenolic OH excluding ortho intramolecular Hbond substituents is 1. The van der Waals surface area contributed by atoms with E-state index in [1.54, 1.807) is 30.3 Å². The van der Waals surface area contributed by atoms with Gasteiger partial charge in [0.15, 0.2) is 5.96 Å². The van der Waals surface area contributed by atoms with E-state index in [1.165, 1.54) is 24.3 Å². The number of guanidine groups is 1. The van der Waals surface area contributed by atoms with Crippen molar-refractivity contribution in [2.45, 2.75) is 144 Å². The summed E-state index contributed by atoms with van der Waals surface area (Å²) in [6.07, 6.45) is -8.30. The van der Waals surface area contributed by atoms with E-state index in [0.29, 0.717) is 11.1 Å². The number of hydrogen-bond acceptors (Lipinski definition) is 20. The van der Waals surface area contributed by atoms with Crippen molar-refractivity contribution >= 4 is 95.6 Å². The molecule has 0 radical (unpaired) electrons. The highest BCUT2D eigenvalue weighted by atomic mass is 32.1. The zero-order valence-corrected chi connectivity index (χ0v) is 48.1. The molecule has 0 aliphatic rings. The van der Waals surface area contributed by atoms with Crippen molar-refractivity contribution in [2.75, 3.05) is 18.9 Å². The zero-order chi connectivity index (χ0) is 65.7. The Bertz CT molecular complexity index is 2760. The van der Waals surface area contributed by atoms with Crippen molar-refractivity contribution in [3.05, 3.63) is 65.7 Å². The number of aliphatic carboxylic acids is 3. The van der Waals surface area contributed by atoms with Gasteiger partial charge in [-0.2, -0.15) is 12.6 Å². The van der Waals surface area contributed by atoms with E-state index in [0.717, 1.165) is 13.8 Å². The summed E-state index contributed by atoms with van der Waals surface area (Å²) in [6, 6.07) is -4.23. The fraction of sp³-hybridized carbons (Fsp3) is 0.500. The van der Waals surface area contributed by atoms with Crippen LogP contribution in [0.15, 0.2) is 59.6 Å². The van der Waals surface area contributed by atoms with E-state index < -0.39 is 188 Å². The van der Waals surface area contributed by atoms with E-state index in [1.807, 2.05) is 5.32 Å². The highest BCUT2D eigenvalue weighted by Gasteiger charge is 2.38. The first kappa shape index (κ1) is 73.9. The predicted molar refractivity (Wildman–Crippen MR) is 307 cm³/mol. The Hall–Kier alpha value is -9.19. The van der Waals surface area contributed by atoms with Crippen molar-refractivity contribution in [1.29, 1.82) is 0 Å². The average molecular weight is 1250 g/mol. The third-order valence-electron chi connectivity index (χ3n) is 12.6. The minimum absolute atomic E-state index is 0.0847. The molecule has 0 aliphatic carbocycles. The topological polar surface area (TPSA) is 588 Å². The number of nitrogens with one attached hydrogen (secondary N) is 9. The van der Waals surface area contributed by atoms with Crippen LogP contribution in [0, 0.1) is 0 Å². The molecule has 12 atom stereocenters. The molecule has 0 saturated carbocycles. The van der Waals surface area contributed by atoms with Crippen LogP contribution in [0.25, 0.3) is 0 Å². The standard InChI is InChI=1S/C52H76N14O20S/c1-24(68)40(66-45(79)32(15-17-38(72)73)59-48(82)36(22-67)64-47(81)34(21-39(74)75)61-43(77)31(14-16-37(54)71)58-42(76)29(53)23-87)49(83)60-30(9-6-18-57-52(55)56)44(78)65-41(25(2)69)50(84)62-33(19-26-7-4-3-5-8-26)46(80)63-35(51(85)86)20-27-10-12-28(70)13-11-27/h3-5,7-8,10-13,24-25,29-36,40-41,67-70,87H,6,9,14-23,53H2,1-2H3,(H2,54,71)(H,58,76)(H,59,82)(H,60,83)(H,61,77)(H,62,84)(H,63,80)(H,64,81)(H,65,78)(H,66,79)(H,72,73)(H,74,75)(H,85,86)(H4,55,56,57). The van der Waals surface area contributed by atoms with E-state index in [4.69, 9.17) is 22.9 Å². The summed E-state index contributed by atoms with van der Waals surface area (Å²) in [7, 11) is 0. The van der Waals surface area contributed by atoms with Gasteiger partial charge in [0.1, 0.15) is 60.1 Å². The summed E-state index contributed by atoms with van der Waals surface area (Å²) in [5.74, 6) is -17.3. The fourth-order valence-corrected chi connectivity index (χ4v) is 8.03. The molecule has 0 fully saturated rings. The molecule has 0 aromatic heterocycles. The monoisotopic (exact) mass is 1250 g/mol. The number of hydrogen-bond donors (Lipinski definition) is 21. The number of thiol groups is 1. The zero-order valence-electron chi connectivity index (χ0n) is 47.3. The number of carboxylic acids is 3. The first-order valence-electron chi connectivity index (χ1n) is 26.8. The molecule has 0 aliphatic heterocycles. The van der Waals surface area contributed by atoms with Crippen LogP contribution in [-0.2, 0) is 75.2 Å². The number of phenols is 1. The Balaban J connectivity index is 2.44. The van der Waals surface area contributed by atoms with Gasteiger partial charge in [-0.05, 0) is 62.8 Å². The molecule has 2 aromatic rings. The molecular formula is C52H76N14O20S. The smallest absolute Gasteiger partial charge is 0.326 e. The molecular weight excluding hydrogens is 1170 g/mol. The van der Waals surface area contributed by atoms with Crippen molar-refractivity contribution in [1.82, 2.24) is 47.9 Å². The Morgan fingerprint density at radius 3 is 1.40 bits per heavy atom. The third-order valence-corrected chi connectivity index (χ3v) is 13.0. The van der Waals surface area contributed by atoms with Crippen LogP contribution >= 0.6 is 12.6 Å². The molecule has 10 amide bonds. The number of aromatic hydroxyl groups is 1. The van der Waals surface area contributed by atoms with E-state index in [9.17, 15) is 98.1 Å². The number of carboxylic acid groups (broad SMARTS) is 3. The summed E-state index contributed by atoms with van der Waals surface area (Å²) in [4.78, 5) is 174. The molecule has 24 N–H and O–H groups in total. The molecule has 2 rings (SSSR count). The second kappa shape index (κ2) is 37.3. The lowest BCUT2D eigenvalue weighted by Crippen LogP contribution is -2.63. The quantitative estimate of drug-likeness (QED) is 0.0128. The lowest BCUT2D eigenvalue weighted by atomic mass is 10.0. The number of benzene rings is 2. The lowest BCUT2D eigenvalue weighted by Gasteiger charge is -2.29. The van der Waals surface area contributed by atoms with Gasteiger partial charge < -0.3 is 107 Å². The van der Waals surface area contributed by atoms with E-state index in [-0.39, 0.29) is 49.7 Å². The van der Waals surface area contributed by atoms with Gasteiger partial charge in [-0.1, -0.05) is 42.5 Å². The SMILES string of the molecule is CC(O)C(NC(=O)C(CCCN=C(N)N)NC(=O)C(NC(=O)C(CCC(=O)O)NC(=O)C(CO)NC(=O)C(CC(=O)O)NC(=O)C(CCC(N)=O)NC(=O)C(N)CS)C(C)O)C(=O)NC(Cc1ccccc1)C(=O)NC(Cc1ccc(O)cc1)C(=O)O. The summed E-state index contributed by atoms with van der Waals surface area (Å²) < 4.78 is 0. The maximum absolute atomic E-state index is 14.2. The van der Waals surface area contributed by atoms with Crippen molar-refractivity contribution in [3.8, 4) is 5.75 Å². The molecule has 0 bridgehead atoms. The fourth-order valence-electron chi connectivity index (χ4n) is 7.86. The first-order valence-corrected chi connectivity index (χ1v) is 27.4. The maximum Gasteiger partial charge on any atom is 0.326 e. The molecule has 87 heavy (non-hydrogen) atoms. The van der Waals surface area contributed by atoms with Gasteiger partial charge in [0, 0.05) is 38.0 Å². The molecule has 34 nitrogen and oxygen atoms in total. The van der Waals surface area contributed by atoms with Crippen LogP contribution < -0.4 is 70.8 Å². The van der Waals surface area contributed by atoms with Gasteiger partial charge in [-0.15, -0.1) is 0 Å². The second-order valence-electron chi connectivity index (χ2n) is 19.7. The average Bonchev–Trinajstić information content (AvgIpc) is 3.05. The van der Waals surface area contributed by atoms with Gasteiger partial charge in [0.05, 0.1) is 31.3 Å². The molecule has 2 aromatic carbocycles. The number of aliphatic imine (C=N–C) groups is 1. The number of primary amides is 1. The molecule has 12 unspecified atom stereocenters. The molecule has 0 heterocycles. The van der Waals surface area contributed by atoms with Crippen molar-refractivity contribution < 1.29 is 98.1 Å². The van der Waals surface area contributed by atoms with Gasteiger partial charge in [-0.25, -0.2) is 4.79 Å². The Labute approximate surface area is 502 Å². The highest BCUT2D eigenvalue weighted by molar-refractivity contribution is 7.80. The number of carbonyl (C=O) groups is 13. The third kappa shape index (κ3) is 27.2. The number of aliphatic hydroxyl groups excluding tert-OH is 3. The number of amides is 10. The Morgan fingerprint density at radius 2 is 0.920 bits per heavy atom. The number of rotatable bonds is 39. The molecule has 0 saturated heterocycles. The first-order chi connectivity index (χ1) is 40.9. The Kier molecular flexibility index (Phi) is 31.7. The van der Waals surface area contributed by atoms with Gasteiger partial charge in [-0.3, -0.25) is 62.5 Å². The lowest BCUT2D eigenvalue weighted by molar-refractivity contribution is -0.142. The van der Waals surface area contributed by atoms with E-state index in [2.05, 4.69) is 60.2 Å².